The highest BCUT2D eigenvalue weighted by Gasteiger charge is 2.13. The lowest BCUT2D eigenvalue weighted by molar-refractivity contribution is -0.139. The fraction of sp³-hybridized carbons (Fsp3) is 0.0625. The van der Waals surface area contributed by atoms with Gasteiger partial charge in [-0.1, -0.05) is 11.6 Å². The molecule has 3 aromatic rings. The summed E-state index contributed by atoms with van der Waals surface area (Å²) in [5, 5.41) is 9.97. The molecule has 112 valence electrons. The van der Waals surface area contributed by atoms with Crippen LogP contribution in [0.4, 0.5) is 4.39 Å². The number of fused-ring (bicyclic) bond motifs is 1. The predicted molar refractivity (Wildman–Crippen MR) is 81.4 cm³/mol. The summed E-state index contributed by atoms with van der Waals surface area (Å²) in [6.07, 6.45) is 1.66. The molecule has 3 rings (SSSR count). The summed E-state index contributed by atoms with van der Waals surface area (Å²) < 4.78 is 20.2. The predicted octanol–water partition coefficient (Wildman–Crippen LogP) is 3.89. The van der Waals surface area contributed by atoms with E-state index in [-0.39, 0.29) is 5.82 Å². The minimum Gasteiger partial charge on any atom is -0.480 e. The van der Waals surface area contributed by atoms with Crippen LogP contribution in [0.25, 0.3) is 16.6 Å². The van der Waals surface area contributed by atoms with Crippen molar-refractivity contribution in [1.29, 1.82) is 0 Å². The van der Waals surface area contributed by atoms with Crippen LogP contribution >= 0.6 is 11.6 Å². The zero-order chi connectivity index (χ0) is 15.7. The van der Waals surface area contributed by atoms with Gasteiger partial charge in [0, 0.05) is 16.1 Å². The monoisotopic (exact) mass is 319 g/mol. The molecule has 2 aromatic carbocycles. The van der Waals surface area contributed by atoms with E-state index in [0.717, 1.165) is 11.2 Å². The average molecular weight is 320 g/mol. The highest BCUT2D eigenvalue weighted by molar-refractivity contribution is 6.31. The standard InChI is InChI=1S/C16H11ClFNO3/c17-10-1-6-14-13(7-10)15(22-9-16(20)21)8-19(14)12-4-2-11(18)3-5-12/h1-8H,9H2,(H,20,21). The van der Waals surface area contributed by atoms with E-state index < -0.39 is 12.6 Å². The Morgan fingerprint density at radius 1 is 1.23 bits per heavy atom. The molecular weight excluding hydrogens is 309 g/mol. The normalized spacial score (nSPS) is 10.8. The number of ether oxygens (including phenoxy) is 1. The van der Waals surface area contributed by atoms with Gasteiger partial charge < -0.3 is 14.4 Å². The van der Waals surface area contributed by atoms with Crippen LogP contribution in [0, 0.1) is 5.82 Å². The smallest absolute Gasteiger partial charge is 0.341 e. The Bertz CT molecular complexity index is 842. The summed E-state index contributed by atoms with van der Waals surface area (Å²) in [6.45, 7) is -0.449. The van der Waals surface area contributed by atoms with Crippen LogP contribution in [0.2, 0.25) is 5.02 Å². The fourth-order valence-corrected chi connectivity index (χ4v) is 2.41. The van der Waals surface area contributed by atoms with E-state index in [4.69, 9.17) is 21.4 Å². The number of aliphatic carboxylic acids is 1. The van der Waals surface area contributed by atoms with E-state index in [2.05, 4.69) is 0 Å². The highest BCUT2D eigenvalue weighted by atomic mass is 35.5. The Kier molecular flexibility index (Phi) is 3.73. The van der Waals surface area contributed by atoms with Gasteiger partial charge in [0.15, 0.2) is 6.61 Å². The van der Waals surface area contributed by atoms with Gasteiger partial charge in [0.2, 0.25) is 0 Å². The molecule has 22 heavy (non-hydrogen) atoms. The molecule has 1 N–H and O–H groups in total. The molecule has 0 aliphatic carbocycles. The Morgan fingerprint density at radius 3 is 2.64 bits per heavy atom. The van der Waals surface area contributed by atoms with Crippen LogP contribution in [0.3, 0.4) is 0 Å². The number of hydrogen-bond acceptors (Lipinski definition) is 2. The molecule has 6 heteroatoms. The van der Waals surface area contributed by atoms with E-state index >= 15 is 0 Å². The average Bonchev–Trinajstić information content (AvgIpc) is 2.84. The number of carbonyl (C=O) groups is 1. The lowest BCUT2D eigenvalue weighted by Crippen LogP contribution is -2.09. The topological polar surface area (TPSA) is 51.5 Å². The maximum absolute atomic E-state index is 13.1. The number of benzene rings is 2. The van der Waals surface area contributed by atoms with Crippen molar-refractivity contribution in [2.24, 2.45) is 0 Å². The molecule has 0 fully saturated rings. The second kappa shape index (κ2) is 5.69. The van der Waals surface area contributed by atoms with Crippen molar-refractivity contribution in [2.45, 2.75) is 0 Å². The summed E-state index contributed by atoms with van der Waals surface area (Å²) in [5.41, 5.74) is 1.52. The maximum atomic E-state index is 13.1. The SMILES string of the molecule is O=C(O)COc1cn(-c2ccc(F)cc2)c2ccc(Cl)cc12. The van der Waals surface area contributed by atoms with E-state index in [0.29, 0.717) is 16.2 Å². The van der Waals surface area contributed by atoms with Crippen molar-refractivity contribution >= 4 is 28.5 Å². The lowest BCUT2D eigenvalue weighted by atomic mass is 10.2. The van der Waals surface area contributed by atoms with E-state index in [1.165, 1.54) is 12.1 Å². The second-order valence-electron chi connectivity index (χ2n) is 4.68. The van der Waals surface area contributed by atoms with Crippen molar-refractivity contribution in [2.75, 3.05) is 6.61 Å². The second-order valence-corrected chi connectivity index (χ2v) is 5.12. The molecule has 0 radical (unpaired) electrons. The summed E-state index contributed by atoms with van der Waals surface area (Å²) in [5.74, 6) is -0.987. The number of nitrogens with zero attached hydrogens (tertiary/aromatic N) is 1. The van der Waals surface area contributed by atoms with Gasteiger partial charge in [-0.25, -0.2) is 9.18 Å². The molecule has 0 amide bonds. The number of carboxylic acid groups (broad SMARTS) is 1. The molecular formula is C16H11ClFNO3. The summed E-state index contributed by atoms with van der Waals surface area (Å²) in [4.78, 5) is 10.7. The van der Waals surface area contributed by atoms with E-state index in [1.807, 2.05) is 0 Å². The molecule has 0 unspecified atom stereocenters. The van der Waals surface area contributed by atoms with Crippen LogP contribution in [-0.4, -0.2) is 22.2 Å². The molecule has 0 saturated heterocycles. The highest BCUT2D eigenvalue weighted by Crippen LogP contribution is 2.32. The quantitative estimate of drug-likeness (QED) is 0.794. The van der Waals surface area contributed by atoms with Crippen molar-refractivity contribution < 1.29 is 19.0 Å². The van der Waals surface area contributed by atoms with E-state index in [9.17, 15) is 9.18 Å². The Morgan fingerprint density at radius 2 is 1.95 bits per heavy atom. The minimum atomic E-state index is -1.07. The van der Waals surface area contributed by atoms with Gasteiger partial charge in [0.1, 0.15) is 11.6 Å². The molecule has 0 spiro atoms. The van der Waals surface area contributed by atoms with Gasteiger partial charge in [-0.15, -0.1) is 0 Å². The first-order chi connectivity index (χ1) is 10.5. The van der Waals surface area contributed by atoms with Gasteiger partial charge >= 0.3 is 5.97 Å². The van der Waals surface area contributed by atoms with Crippen LogP contribution in [-0.2, 0) is 4.79 Å². The van der Waals surface area contributed by atoms with Crippen LogP contribution in [0.5, 0.6) is 5.75 Å². The molecule has 0 aliphatic rings. The number of aromatic nitrogens is 1. The summed E-state index contributed by atoms with van der Waals surface area (Å²) in [7, 11) is 0. The Balaban J connectivity index is 2.14. The number of carboxylic acids is 1. The molecule has 1 heterocycles. The van der Waals surface area contributed by atoms with Crippen molar-refractivity contribution in [1.82, 2.24) is 4.57 Å². The molecule has 1 aromatic heterocycles. The first kappa shape index (κ1) is 14.4. The number of rotatable bonds is 4. The largest absolute Gasteiger partial charge is 0.480 e. The van der Waals surface area contributed by atoms with E-state index in [1.54, 1.807) is 41.1 Å². The molecule has 0 bridgehead atoms. The summed E-state index contributed by atoms with van der Waals surface area (Å²) in [6, 6.07) is 11.2. The van der Waals surface area contributed by atoms with Gasteiger partial charge in [-0.05, 0) is 42.5 Å². The third-order valence-electron chi connectivity index (χ3n) is 3.19. The van der Waals surface area contributed by atoms with Crippen LogP contribution in [0.1, 0.15) is 0 Å². The zero-order valence-electron chi connectivity index (χ0n) is 11.3. The van der Waals surface area contributed by atoms with Gasteiger partial charge in [0.25, 0.3) is 0 Å². The maximum Gasteiger partial charge on any atom is 0.341 e. The van der Waals surface area contributed by atoms with Gasteiger partial charge in [-0.2, -0.15) is 0 Å². The molecule has 0 saturated carbocycles. The number of halogens is 2. The van der Waals surface area contributed by atoms with Gasteiger partial charge in [-0.3, -0.25) is 0 Å². The number of hydrogen-bond donors (Lipinski definition) is 1. The molecule has 0 aliphatic heterocycles. The van der Waals surface area contributed by atoms with Crippen LogP contribution in [0.15, 0.2) is 48.7 Å². The third-order valence-corrected chi connectivity index (χ3v) is 3.42. The van der Waals surface area contributed by atoms with Crippen LogP contribution < -0.4 is 4.74 Å². The first-order valence-corrected chi connectivity index (χ1v) is 6.83. The zero-order valence-corrected chi connectivity index (χ0v) is 12.0. The minimum absolute atomic E-state index is 0.328. The Hall–Kier alpha value is -2.53. The summed E-state index contributed by atoms with van der Waals surface area (Å²) >= 11 is 6.00. The molecule has 4 nitrogen and oxygen atoms in total. The van der Waals surface area contributed by atoms with Crippen molar-refractivity contribution in [3.8, 4) is 11.4 Å². The van der Waals surface area contributed by atoms with Crippen molar-refractivity contribution in [3.05, 3.63) is 59.5 Å². The van der Waals surface area contributed by atoms with Gasteiger partial charge in [0.05, 0.1) is 11.7 Å². The first-order valence-electron chi connectivity index (χ1n) is 6.46. The molecule has 0 atom stereocenters. The fourth-order valence-electron chi connectivity index (χ4n) is 2.24. The third kappa shape index (κ3) is 2.76. The Labute approximate surface area is 130 Å². The lowest BCUT2D eigenvalue weighted by Gasteiger charge is -2.04. The van der Waals surface area contributed by atoms with Crippen molar-refractivity contribution in [3.63, 3.8) is 0 Å².